The third kappa shape index (κ3) is 4.79. The SMILES string of the molecule is O=C(c1cccc(OCC2CCCO2)c1)N1CCN(Cc2cccc3ccccc23)CC1. The zero-order valence-corrected chi connectivity index (χ0v) is 18.4. The van der Waals surface area contributed by atoms with E-state index in [-0.39, 0.29) is 12.0 Å². The second kappa shape index (κ2) is 9.72. The Balaban J connectivity index is 1.17. The fourth-order valence-corrected chi connectivity index (χ4v) is 4.65. The lowest BCUT2D eigenvalue weighted by Crippen LogP contribution is -2.48. The van der Waals surface area contributed by atoms with E-state index in [2.05, 4.69) is 47.4 Å². The minimum atomic E-state index is 0.0809. The number of hydrogen-bond acceptors (Lipinski definition) is 4. The molecule has 0 radical (unpaired) electrons. The van der Waals surface area contributed by atoms with Gasteiger partial charge >= 0.3 is 0 Å². The van der Waals surface area contributed by atoms with Crippen LogP contribution in [0, 0.1) is 0 Å². The maximum atomic E-state index is 13.1. The predicted molar refractivity (Wildman–Crippen MR) is 126 cm³/mol. The maximum Gasteiger partial charge on any atom is 0.254 e. The van der Waals surface area contributed by atoms with Crippen LogP contribution < -0.4 is 4.74 Å². The topological polar surface area (TPSA) is 42.0 Å². The van der Waals surface area contributed by atoms with Gasteiger partial charge in [-0.3, -0.25) is 9.69 Å². The van der Waals surface area contributed by atoms with E-state index in [0.29, 0.717) is 12.2 Å². The first-order valence-corrected chi connectivity index (χ1v) is 11.6. The van der Waals surface area contributed by atoms with E-state index < -0.39 is 0 Å². The molecule has 5 heteroatoms. The molecule has 3 aromatic rings. The summed E-state index contributed by atoms with van der Waals surface area (Å²) in [6.45, 7) is 5.52. The van der Waals surface area contributed by atoms with E-state index in [1.54, 1.807) is 0 Å². The second-order valence-corrected chi connectivity index (χ2v) is 8.68. The molecule has 0 N–H and O–H groups in total. The van der Waals surface area contributed by atoms with Gasteiger partial charge in [-0.05, 0) is 47.4 Å². The van der Waals surface area contributed by atoms with Crippen LogP contribution in [0.15, 0.2) is 66.7 Å². The lowest BCUT2D eigenvalue weighted by atomic mass is 10.0. The number of fused-ring (bicyclic) bond motifs is 1. The van der Waals surface area contributed by atoms with E-state index in [0.717, 1.165) is 57.9 Å². The third-order valence-electron chi connectivity index (χ3n) is 6.47. The number of piperazine rings is 1. The summed E-state index contributed by atoms with van der Waals surface area (Å²) >= 11 is 0. The maximum absolute atomic E-state index is 13.1. The molecule has 3 aromatic carbocycles. The van der Waals surface area contributed by atoms with Gasteiger partial charge in [-0.15, -0.1) is 0 Å². The van der Waals surface area contributed by atoms with Crippen LogP contribution in [0.5, 0.6) is 5.75 Å². The summed E-state index contributed by atoms with van der Waals surface area (Å²) in [4.78, 5) is 17.5. The third-order valence-corrected chi connectivity index (χ3v) is 6.47. The Hall–Kier alpha value is -2.89. The van der Waals surface area contributed by atoms with E-state index in [1.807, 2.05) is 29.2 Å². The van der Waals surface area contributed by atoms with Crippen LogP contribution in [0.2, 0.25) is 0 Å². The van der Waals surface area contributed by atoms with E-state index in [9.17, 15) is 4.79 Å². The molecule has 0 spiro atoms. The Bertz CT molecular complexity index is 1060. The van der Waals surface area contributed by atoms with Gasteiger partial charge < -0.3 is 14.4 Å². The Morgan fingerprint density at radius 3 is 2.62 bits per heavy atom. The number of benzene rings is 3. The molecular formula is C27H30N2O3. The standard InChI is InChI=1S/C27H30N2O3/c30-27(22-8-4-10-24(18-22)32-20-25-11-5-17-31-25)29-15-13-28(14-16-29)19-23-9-3-7-21-6-1-2-12-26(21)23/h1-4,6-10,12,18,25H,5,11,13-17,19-20H2. The smallest absolute Gasteiger partial charge is 0.254 e. The Morgan fingerprint density at radius 1 is 0.969 bits per heavy atom. The first-order valence-electron chi connectivity index (χ1n) is 11.6. The Morgan fingerprint density at radius 2 is 1.78 bits per heavy atom. The minimum Gasteiger partial charge on any atom is -0.491 e. The van der Waals surface area contributed by atoms with Gasteiger partial charge in [0, 0.05) is 44.9 Å². The number of nitrogens with zero attached hydrogens (tertiary/aromatic N) is 2. The number of ether oxygens (including phenoxy) is 2. The highest BCUT2D eigenvalue weighted by atomic mass is 16.5. The highest BCUT2D eigenvalue weighted by molar-refractivity contribution is 5.94. The van der Waals surface area contributed by atoms with E-state index in [1.165, 1.54) is 16.3 Å². The molecule has 5 rings (SSSR count). The summed E-state index contributed by atoms with van der Waals surface area (Å²) in [6, 6.07) is 22.6. The summed E-state index contributed by atoms with van der Waals surface area (Å²) in [6.07, 6.45) is 2.31. The molecule has 1 atom stereocenters. The molecule has 0 saturated carbocycles. The van der Waals surface area contributed by atoms with Crippen LogP contribution in [-0.2, 0) is 11.3 Å². The molecular weight excluding hydrogens is 400 g/mol. The van der Waals surface area contributed by atoms with Gasteiger partial charge in [-0.25, -0.2) is 0 Å². The normalized spacial score (nSPS) is 19.4. The van der Waals surface area contributed by atoms with E-state index in [4.69, 9.17) is 9.47 Å². The fourth-order valence-electron chi connectivity index (χ4n) is 4.65. The van der Waals surface area contributed by atoms with Crippen LogP contribution in [0.3, 0.4) is 0 Å². The average molecular weight is 431 g/mol. The molecule has 166 valence electrons. The largest absolute Gasteiger partial charge is 0.491 e. The fraction of sp³-hybridized carbons (Fsp3) is 0.370. The quantitative estimate of drug-likeness (QED) is 0.583. The van der Waals surface area contributed by atoms with Gasteiger partial charge in [-0.1, -0.05) is 48.5 Å². The Labute approximate surface area is 189 Å². The van der Waals surface area contributed by atoms with Gasteiger partial charge in [0.1, 0.15) is 12.4 Å². The van der Waals surface area contributed by atoms with Crippen LogP contribution in [0.25, 0.3) is 10.8 Å². The molecule has 5 nitrogen and oxygen atoms in total. The molecule has 0 aromatic heterocycles. The summed E-state index contributed by atoms with van der Waals surface area (Å²) in [5, 5.41) is 2.59. The van der Waals surface area contributed by atoms with Crippen molar-refractivity contribution in [1.29, 1.82) is 0 Å². The van der Waals surface area contributed by atoms with Crippen LogP contribution >= 0.6 is 0 Å². The highest BCUT2D eigenvalue weighted by Gasteiger charge is 2.23. The molecule has 0 bridgehead atoms. The van der Waals surface area contributed by atoms with Gasteiger partial charge in [-0.2, -0.15) is 0 Å². The van der Waals surface area contributed by atoms with E-state index >= 15 is 0 Å². The molecule has 0 aliphatic carbocycles. The van der Waals surface area contributed by atoms with Crippen molar-refractivity contribution in [3.63, 3.8) is 0 Å². The van der Waals surface area contributed by atoms with Crippen LogP contribution in [-0.4, -0.2) is 61.2 Å². The Kier molecular flexibility index (Phi) is 6.37. The van der Waals surface area contributed by atoms with Crippen molar-refractivity contribution < 1.29 is 14.3 Å². The molecule has 2 fully saturated rings. The van der Waals surface area contributed by atoms with Gasteiger partial charge in [0.2, 0.25) is 0 Å². The lowest BCUT2D eigenvalue weighted by molar-refractivity contribution is 0.0625. The molecule has 1 unspecified atom stereocenters. The van der Waals surface area contributed by atoms with Crippen molar-refractivity contribution in [2.45, 2.75) is 25.5 Å². The van der Waals surface area contributed by atoms with Crippen molar-refractivity contribution >= 4 is 16.7 Å². The predicted octanol–water partition coefficient (Wildman–Crippen LogP) is 4.36. The highest BCUT2D eigenvalue weighted by Crippen LogP contribution is 2.22. The van der Waals surface area contributed by atoms with Crippen LogP contribution in [0.1, 0.15) is 28.8 Å². The van der Waals surface area contributed by atoms with Crippen molar-refractivity contribution in [3.8, 4) is 5.75 Å². The van der Waals surface area contributed by atoms with Crippen molar-refractivity contribution in [2.24, 2.45) is 0 Å². The molecule has 2 aliphatic rings. The number of carbonyl (C=O) groups is 1. The first-order chi connectivity index (χ1) is 15.8. The average Bonchev–Trinajstić information content (AvgIpc) is 3.37. The number of rotatable bonds is 6. The van der Waals surface area contributed by atoms with Crippen molar-refractivity contribution in [2.75, 3.05) is 39.4 Å². The van der Waals surface area contributed by atoms with Crippen LogP contribution in [0.4, 0.5) is 0 Å². The lowest BCUT2D eigenvalue weighted by Gasteiger charge is -2.35. The molecule has 2 heterocycles. The zero-order valence-electron chi connectivity index (χ0n) is 18.4. The van der Waals surface area contributed by atoms with Crippen molar-refractivity contribution in [1.82, 2.24) is 9.80 Å². The summed E-state index contributed by atoms with van der Waals surface area (Å²) in [7, 11) is 0. The van der Waals surface area contributed by atoms with Crippen molar-refractivity contribution in [3.05, 3.63) is 77.9 Å². The molecule has 2 saturated heterocycles. The molecule has 1 amide bonds. The summed E-state index contributed by atoms with van der Waals surface area (Å²) in [5.41, 5.74) is 2.04. The van der Waals surface area contributed by atoms with Gasteiger partial charge in [0.15, 0.2) is 0 Å². The monoisotopic (exact) mass is 430 g/mol. The number of amides is 1. The summed E-state index contributed by atoms with van der Waals surface area (Å²) in [5.74, 6) is 0.818. The first kappa shape index (κ1) is 21.0. The summed E-state index contributed by atoms with van der Waals surface area (Å²) < 4.78 is 11.5. The second-order valence-electron chi connectivity index (χ2n) is 8.68. The minimum absolute atomic E-state index is 0.0809. The van der Waals surface area contributed by atoms with Gasteiger partial charge in [0.05, 0.1) is 6.10 Å². The molecule has 2 aliphatic heterocycles. The number of hydrogen-bond donors (Lipinski definition) is 0. The number of carbonyl (C=O) groups excluding carboxylic acids is 1. The zero-order chi connectivity index (χ0) is 21.8. The molecule has 32 heavy (non-hydrogen) atoms. The van der Waals surface area contributed by atoms with Gasteiger partial charge in [0.25, 0.3) is 5.91 Å².